The minimum atomic E-state index is -1.75. The van der Waals surface area contributed by atoms with Crippen LogP contribution in [0.25, 0.3) is 0 Å². The third kappa shape index (κ3) is 13100. The third-order valence-corrected chi connectivity index (χ3v) is 0. The quantitative estimate of drug-likeness (QED) is 0.295. The van der Waals surface area contributed by atoms with Crippen LogP contribution in [0.5, 0.6) is 0 Å². The number of rotatable bonds is 0. The molecule has 55 valence electrons. The van der Waals surface area contributed by atoms with Crippen molar-refractivity contribution in [2.45, 2.75) is 0 Å². The first-order valence-corrected chi connectivity index (χ1v) is 1.10. The van der Waals surface area contributed by atoms with Crippen LogP contribution in [0.4, 0.5) is 0 Å². The molecule has 1 radical (unpaired) electrons. The van der Waals surface area contributed by atoms with Gasteiger partial charge in [0.15, 0.2) is 0 Å². The Hall–Kier alpha value is 0.179. The van der Waals surface area contributed by atoms with Gasteiger partial charge in [-0.15, -0.1) is 0 Å². The van der Waals surface area contributed by atoms with Gasteiger partial charge in [-0.25, -0.2) is 0 Å². The molecule has 0 rings (SSSR count). The molecule has 0 heterocycles. The van der Waals surface area contributed by atoms with E-state index in [4.69, 9.17) is 30.6 Å². The van der Waals surface area contributed by atoms with Crippen LogP contribution in [0.1, 0.15) is 0 Å². The van der Waals surface area contributed by atoms with E-state index < -0.39 is 10.2 Å². The van der Waals surface area contributed by atoms with Crippen molar-refractivity contribution in [2.75, 3.05) is 0 Å². The summed E-state index contributed by atoms with van der Waals surface area (Å²) in [5.74, 6) is 0. The van der Waals surface area contributed by atoms with Gasteiger partial charge in [0, 0.05) is 17.1 Å². The summed E-state index contributed by atoms with van der Waals surface area (Å²) in [5, 5.41) is 29.5. The molecule has 8 nitrogen and oxygen atoms in total. The third-order valence-electron chi connectivity index (χ3n) is 0. The summed E-state index contributed by atoms with van der Waals surface area (Å²) in [6.07, 6.45) is 0. The monoisotopic (exact) mass is 219 g/mol. The Morgan fingerprint density at radius 2 is 0.800 bits per heavy atom. The van der Waals surface area contributed by atoms with Crippen LogP contribution >= 0.6 is 0 Å². The topological polar surface area (TPSA) is 132 Å². The van der Waals surface area contributed by atoms with Crippen LogP contribution in [0.15, 0.2) is 0 Å². The van der Waals surface area contributed by atoms with E-state index in [1.165, 1.54) is 0 Å². The predicted octanol–water partition coefficient (Wildman–Crippen LogP) is -0.862. The Balaban J connectivity index is -0.0000000300. The molecule has 0 amide bonds. The molecule has 0 aliphatic heterocycles. The second-order valence-electron chi connectivity index (χ2n) is 0.447. The molecule has 10 heteroatoms. The second kappa shape index (κ2) is 16.1. The molecule has 0 aliphatic carbocycles. The molecule has 0 aliphatic rings. The normalized spacial score (nSPS) is 4.80. The largest absolute Gasteiger partial charge is 2.00 e. The number of hydrogen-bond acceptors (Lipinski definition) is 6. The summed E-state index contributed by atoms with van der Waals surface area (Å²) in [6.45, 7) is 0. The van der Waals surface area contributed by atoms with Crippen LogP contribution in [0.2, 0.25) is 0 Å². The average molecular weight is 219 g/mol. The van der Waals surface area contributed by atoms with E-state index >= 15 is 0 Å². The van der Waals surface area contributed by atoms with Crippen LogP contribution in [0.3, 0.4) is 0 Å². The van der Waals surface area contributed by atoms with Crippen LogP contribution in [0, 0.1) is 30.6 Å². The van der Waals surface area contributed by atoms with Gasteiger partial charge in [0.2, 0.25) is 0 Å². The minimum absolute atomic E-state index is 0. The molecule has 10 heavy (non-hydrogen) atoms. The zero-order chi connectivity index (χ0) is 7.15. The Kier molecular flexibility index (Phi) is 36.1. The summed E-state index contributed by atoms with van der Waals surface area (Å²) in [4.78, 5) is 16.5. The summed E-state index contributed by atoms with van der Waals surface area (Å²) >= 11 is 0. The molecule has 0 unspecified atom stereocenters. The molecule has 0 saturated heterocycles. The SMILES string of the molecule is O=[N+]([O-])[O-].O=[N+]([O-])[O-].[Ca+2].[Mn]. The number of nitrogens with zero attached hydrogens (tertiary/aromatic N) is 2. The van der Waals surface area contributed by atoms with Gasteiger partial charge in [0.1, 0.15) is 0 Å². The smallest absolute Gasteiger partial charge is 0.356 e. The molecule has 0 aromatic rings. The van der Waals surface area contributed by atoms with Crippen LogP contribution in [-0.4, -0.2) is 47.9 Å². The molecule has 0 spiro atoms. The second-order valence-corrected chi connectivity index (χ2v) is 0.447. The van der Waals surface area contributed by atoms with Crippen molar-refractivity contribution in [1.82, 2.24) is 0 Å². The van der Waals surface area contributed by atoms with Crippen molar-refractivity contribution < 1.29 is 27.2 Å². The minimum Gasteiger partial charge on any atom is -0.356 e. The summed E-state index contributed by atoms with van der Waals surface area (Å²) in [7, 11) is 0. The Bertz CT molecular complexity index is 73.7. The molecule has 0 aromatic heterocycles. The molecular weight excluding hydrogens is 219 g/mol. The maximum Gasteiger partial charge on any atom is 2.00 e. The fourth-order valence-corrected chi connectivity index (χ4v) is 0. The molecule has 0 fully saturated rings. The van der Waals surface area contributed by atoms with Crippen molar-refractivity contribution in [3.63, 3.8) is 0 Å². The summed E-state index contributed by atoms with van der Waals surface area (Å²) in [6, 6.07) is 0. The molecule has 0 saturated carbocycles. The fraction of sp³-hybridized carbons (Fsp3) is 0. The van der Waals surface area contributed by atoms with Gasteiger partial charge < -0.3 is 30.6 Å². The maximum absolute atomic E-state index is 8.25. The molecule has 0 N–H and O–H groups in total. The Morgan fingerprint density at radius 3 is 0.800 bits per heavy atom. The van der Waals surface area contributed by atoms with Gasteiger partial charge in [0.05, 0.1) is 10.2 Å². The van der Waals surface area contributed by atoms with Crippen molar-refractivity contribution in [3.8, 4) is 0 Å². The maximum atomic E-state index is 8.25. The Morgan fingerprint density at radius 1 is 0.800 bits per heavy atom. The predicted molar refractivity (Wildman–Crippen MR) is 26.5 cm³/mol. The zero-order valence-corrected chi connectivity index (χ0v) is 7.82. The summed E-state index contributed by atoms with van der Waals surface area (Å²) in [5.41, 5.74) is 0. The van der Waals surface area contributed by atoms with E-state index in [-0.39, 0.29) is 54.8 Å². The van der Waals surface area contributed by atoms with E-state index in [1.54, 1.807) is 0 Å². The van der Waals surface area contributed by atoms with Gasteiger partial charge >= 0.3 is 37.7 Å². The van der Waals surface area contributed by atoms with Crippen LogP contribution in [-0.2, 0) is 17.1 Å². The average Bonchev–Trinajstić information content (AvgIpc) is 1.25. The van der Waals surface area contributed by atoms with Crippen molar-refractivity contribution in [2.24, 2.45) is 0 Å². The van der Waals surface area contributed by atoms with Gasteiger partial charge in [0.25, 0.3) is 0 Å². The Labute approximate surface area is 94.9 Å². The fourth-order valence-electron chi connectivity index (χ4n) is 0. The van der Waals surface area contributed by atoms with E-state index in [2.05, 4.69) is 0 Å². The zero-order valence-electron chi connectivity index (χ0n) is 4.43. The van der Waals surface area contributed by atoms with Gasteiger partial charge in [-0.05, 0) is 0 Å². The first-order chi connectivity index (χ1) is 3.46. The summed E-state index contributed by atoms with van der Waals surface area (Å²) < 4.78 is 0. The standard InChI is InChI=1S/Ca.Mn.2NO3/c;;2*2-1(3)4/q+2;;2*-1. The van der Waals surface area contributed by atoms with E-state index in [1.807, 2.05) is 0 Å². The van der Waals surface area contributed by atoms with Crippen molar-refractivity contribution in [1.29, 1.82) is 0 Å². The van der Waals surface area contributed by atoms with Gasteiger partial charge in [-0.3, -0.25) is 0 Å². The van der Waals surface area contributed by atoms with Gasteiger partial charge in [-0.1, -0.05) is 0 Å². The van der Waals surface area contributed by atoms with Crippen LogP contribution < -0.4 is 0 Å². The molecule has 0 aromatic carbocycles. The van der Waals surface area contributed by atoms with Gasteiger partial charge in [-0.2, -0.15) is 0 Å². The first-order valence-electron chi connectivity index (χ1n) is 1.10. The van der Waals surface area contributed by atoms with Crippen molar-refractivity contribution >= 4 is 37.7 Å². The number of hydrogen-bond donors (Lipinski definition) is 0. The van der Waals surface area contributed by atoms with Crippen molar-refractivity contribution in [3.05, 3.63) is 30.6 Å². The van der Waals surface area contributed by atoms with E-state index in [0.29, 0.717) is 0 Å². The molecule has 0 atom stereocenters. The van der Waals surface area contributed by atoms with E-state index in [0.717, 1.165) is 0 Å². The molecule has 0 bridgehead atoms. The van der Waals surface area contributed by atoms with E-state index in [9.17, 15) is 0 Å². The molecular formula is CaMnN2O6. The first kappa shape index (κ1) is 22.5.